The molecule has 9 heteroatoms. The van der Waals surface area contributed by atoms with Gasteiger partial charge in [0.05, 0.1) is 22.8 Å². The van der Waals surface area contributed by atoms with Crippen molar-refractivity contribution < 1.29 is 19.1 Å². The van der Waals surface area contributed by atoms with Gasteiger partial charge in [0.2, 0.25) is 0 Å². The van der Waals surface area contributed by atoms with Crippen LogP contribution in [0.25, 0.3) is 5.57 Å². The second kappa shape index (κ2) is 8.12. The van der Waals surface area contributed by atoms with Crippen molar-refractivity contribution in [3.05, 3.63) is 33.1 Å². The number of halogens is 1. The first kappa shape index (κ1) is 20.0. The molecule has 2 aliphatic rings. The zero-order valence-corrected chi connectivity index (χ0v) is 18.0. The first-order valence-electron chi connectivity index (χ1n) is 8.44. The maximum absolute atomic E-state index is 12.9. The summed E-state index contributed by atoms with van der Waals surface area (Å²) < 4.78 is 6.09. The molecule has 0 radical (unpaired) electrons. The zero-order chi connectivity index (χ0) is 19.7. The van der Waals surface area contributed by atoms with Crippen LogP contribution in [0, 0.1) is 0 Å². The maximum Gasteiger partial charge on any atom is 0.326 e. The largest absolute Gasteiger partial charge is 0.464 e. The Hall–Kier alpha value is -1.71. The van der Waals surface area contributed by atoms with Crippen LogP contribution in [-0.2, 0) is 19.1 Å². The Morgan fingerprint density at radius 2 is 1.96 bits per heavy atom. The highest BCUT2D eigenvalue weighted by Gasteiger charge is 2.42. The van der Waals surface area contributed by atoms with Crippen LogP contribution in [-0.4, -0.2) is 46.7 Å². The Labute approximate surface area is 175 Å². The fourth-order valence-electron chi connectivity index (χ4n) is 2.91. The number of hydrogen-bond donors (Lipinski definition) is 0. The Kier molecular flexibility index (Phi) is 6.02. The number of esters is 1. The minimum atomic E-state index is -0.518. The summed E-state index contributed by atoms with van der Waals surface area (Å²) in [5, 5.41) is 0. The highest BCUT2D eigenvalue weighted by Crippen LogP contribution is 2.45. The van der Waals surface area contributed by atoms with E-state index < -0.39 is 11.9 Å². The lowest BCUT2D eigenvalue weighted by Gasteiger charge is -2.14. The van der Waals surface area contributed by atoms with Crippen molar-refractivity contribution in [1.82, 2.24) is 4.90 Å². The van der Waals surface area contributed by atoms with Gasteiger partial charge in [0.1, 0.15) is 10.9 Å². The molecule has 0 N–H and O–H groups in total. The molecule has 0 atom stereocenters. The SMILES string of the molecule is CCCOC(=O)CN1C(=O)C(=C2C(=O)N(CC)c3ccc(Br)cc32)SC1=S. The average Bonchev–Trinajstić information content (AvgIpc) is 3.06. The third kappa shape index (κ3) is 3.68. The number of rotatable bonds is 5. The Bertz CT molecular complexity index is 884. The molecule has 1 aromatic rings. The predicted octanol–water partition coefficient (Wildman–Crippen LogP) is 3.34. The molecule has 0 aromatic heterocycles. The van der Waals surface area contributed by atoms with E-state index in [9.17, 15) is 14.4 Å². The van der Waals surface area contributed by atoms with E-state index in [0.717, 1.165) is 21.9 Å². The van der Waals surface area contributed by atoms with Crippen LogP contribution in [0.1, 0.15) is 25.8 Å². The monoisotopic (exact) mass is 468 g/mol. The van der Waals surface area contributed by atoms with Gasteiger partial charge >= 0.3 is 5.97 Å². The lowest BCUT2D eigenvalue weighted by molar-refractivity contribution is -0.146. The molecule has 6 nitrogen and oxygen atoms in total. The third-order valence-corrected chi connectivity index (χ3v) is 6.07. The van der Waals surface area contributed by atoms with Gasteiger partial charge in [-0.3, -0.25) is 19.3 Å². The topological polar surface area (TPSA) is 66.9 Å². The van der Waals surface area contributed by atoms with E-state index >= 15 is 0 Å². The number of carbonyl (C=O) groups excluding carboxylic acids is 3. The minimum absolute atomic E-state index is 0.236. The quantitative estimate of drug-likeness (QED) is 0.375. The van der Waals surface area contributed by atoms with Crippen molar-refractivity contribution in [3.8, 4) is 0 Å². The number of amides is 2. The fourth-order valence-corrected chi connectivity index (χ4v) is 4.60. The summed E-state index contributed by atoms with van der Waals surface area (Å²) in [5.74, 6) is -1.19. The molecule has 0 aliphatic carbocycles. The number of carbonyl (C=O) groups is 3. The van der Waals surface area contributed by atoms with Crippen LogP contribution < -0.4 is 4.90 Å². The van der Waals surface area contributed by atoms with E-state index in [2.05, 4.69) is 15.9 Å². The number of benzene rings is 1. The summed E-state index contributed by atoms with van der Waals surface area (Å²) in [6.07, 6.45) is 0.696. The first-order valence-corrected chi connectivity index (χ1v) is 10.5. The van der Waals surface area contributed by atoms with Gasteiger partial charge in [-0.1, -0.05) is 46.8 Å². The minimum Gasteiger partial charge on any atom is -0.464 e. The van der Waals surface area contributed by atoms with Crippen molar-refractivity contribution in [2.24, 2.45) is 0 Å². The molecule has 1 fully saturated rings. The van der Waals surface area contributed by atoms with Gasteiger partial charge in [-0.15, -0.1) is 0 Å². The molecule has 1 saturated heterocycles. The van der Waals surface area contributed by atoms with Gasteiger partial charge in [-0.05, 0) is 31.5 Å². The van der Waals surface area contributed by atoms with E-state index in [1.807, 2.05) is 32.0 Å². The van der Waals surface area contributed by atoms with Gasteiger partial charge in [0.25, 0.3) is 11.8 Å². The normalized spacial score (nSPS) is 19.1. The highest BCUT2D eigenvalue weighted by atomic mass is 79.9. The first-order chi connectivity index (χ1) is 12.9. The second-order valence-corrected chi connectivity index (χ2v) is 8.45. The smallest absolute Gasteiger partial charge is 0.326 e. The van der Waals surface area contributed by atoms with Gasteiger partial charge in [-0.25, -0.2) is 0 Å². The maximum atomic E-state index is 12.9. The molecule has 2 amide bonds. The fraction of sp³-hybridized carbons (Fsp3) is 0.333. The van der Waals surface area contributed by atoms with E-state index in [1.165, 1.54) is 4.90 Å². The van der Waals surface area contributed by atoms with Crippen LogP contribution in [0.2, 0.25) is 0 Å². The van der Waals surface area contributed by atoms with Crippen LogP contribution in [0.4, 0.5) is 5.69 Å². The van der Waals surface area contributed by atoms with Crippen LogP contribution >= 0.6 is 39.9 Å². The standard InChI is InChI=1S/C18H17BrN2O4S2/c1-3-7-25-13(22)9-21-17(24)15(27-18(21)26)14-11-8-10(19)5-6-12(11)20(4-2)16(14)23/h5-6,8H,3-4,7,9H2,1-2H3. The molecule has 0 unspecified atom stereocenters. The van der Waals surface area contributed by atoms with Crippen LogP contribution in [0.3, 0.4) is 0 Å². The van der Waals surface area contributed by atoms with Gasteiger partial charge < -0.3 is 9.64 Å². The molecular formula is C18H17BrN2O4S2. The summed E-state index contributed by atoms with van der Waals surface area (Å²) in [5.41, 5.74) is 1.77. The summed E-state index contributed by atoms with van der Waals surface area (Å²) >= 11 is 9.74. The number of thioether (sulfide) groups is 1. The van der Waals surface area contributed by atoms with Crippen molar-refractivity contribution in [3.63, 3.8) is 0 Å². The third-order valence-electron chi connectivity index (χ3n) is 4.12. The molecular weight excluding hydrogens is 452 g/mol. The summed E-state index contributed by atoms with van der Waals surface area (Å²) in [4.78, 5) is 40.8. The van der Waals surface area contributed by atoms with E-state index in [4.69, 9.17) is 17.0 Å². The van der Waals surface area contributed by atoms with Gasteiger partial charge in [-0.2, -0.15) is 0 Å². The molecule has 2 heterocycles. The molecule has 0 saturated carbocycles. The molecule has 0 spiro atoms. The number of anilines is 1. The number of fused-ring (bicyclic) bond motifs is 1. The predicted molar refractivity (Wildman–Crippen MR) is 112 cm³/mol. The molecule has 142 valence electrons. The van der Waals surface area contributed by atoms with Crippen molar-refractivity contribution >= 4 is 73.3 Å². The summed E-state index contributed by atoms with van der Waals surface area (Å²) in [6, 6.07) is 5.52. The van der Waals surface area contributed by atoms with E-state index in [0.29, 0.717) is 30.7 Å². The van der Waals surface area contributed by atoms with Crippen LogP contribution in [0.5, 0.6) is 0 Å². The molecule has 1 aromatic carbocycles. The Morgan fingerprint density at radius 3 is 2.63 bits per heavy atom. The van der Waals surface area contributed by atoms with Crippen LogP contribution in [0.15, 0.2) is 27.6 Å². The number of ether oxygens (including phenoxy) is 1. The molecule has 3 rings (SSSR count). The lowest BCUT2D eigenvalue weighted by atomic mass is 10.1. The lowest BCUT2D eigenvalue weighted by Crippen LogP contribution is -2.34. The Morgan fingerprint density at radius 1 is 1.22 bits per heavy atom. The average molecular weight is 469 g/mol. The van der Waals surface area contributed by atoms with E-state index in [1.54, 1.807) is 4.90 Å². The van der Waals surface area contributed by atoms with E-state index in [-0.39, 0.29) is 21.7 Å². The molecule has 0 bridgehead atoms. The number of nitrogens with zero attached hydrogens (tertiary/aromatic N) is 2. The van der Waals surface area contributed by atoms with Crippen molar-refractivity contribution in [1.29, 1.82) is 0 Å². The summed E-state index contributed by atoms with van der Waals surface area (Å²) in [6.45, 7) is 4.29. The van der Waals surface area contributed by atoms with Gasteiger partial charge in [0.15, 0.2) is 0 Å². The summed E-state index contributed by atoms with van der Waals surface area (Å²) in [7, 11) is 0. The Balaban J connectivity index is 1.98. The number of hydrogen-bond acceptors (Lipinski definition) is 6. The molecule has 2 aliphatic heterocycles. The zero-order valence-electron chi connectivity index (χ0n) is 14.8. The number of likely N-dealkylation sites (N-methyl/N-ethyl adjacent to an activating group) is 1. The second-order valence-electron chi connectivity index (χ2n) is 5.89. The van der Waals surface area contributed by atoms with Crippen molar-refractivity contribution in [2.45, 2.75) is 20.3 Å². The number of thiocarbonyl (C=S) groups is 1. The molecule has 27 heavy (non-hydrogen) atoms. The van der Waals surface area contributed by atoms with Gasteiger partial charge in [0, 0.05) is 16.6 Å². The highest BCUT2D eigenvalue weighted by molar-refractivity contribution is 9.10. The van der Waals surface area contributed by atoms with Crippen molar-refractivity contribution in [2.75, 3.05) is 24.6 Å².